The predicted octanol–water partition coefficient (Wildman–Crippen LogP) is 11.7. The molecule has 0 radical (unpaired) electrons. The highest BCUT2D eigenvalue weighted by Crippen LogP contribution is 2.50. The number of halogens is 3. The molecule has 0 fully saturated rings. The van der Waals surface area contributed by atoms with Crippen LogP contribution in [0, 0.1) is 11.2 Å². The maximum atomic E-state index is 15.9. The second-order valence-corrected chi connectivity index (χ2v) is 19.4. The normalized spacial score (nSPS) is 13.4. The third kappa shape index (κ3) is 10.1. The second kappa shape index (κ2) is 18.6. The average Bonchev–Trinajstić information content (AvgIpc) is 3.97. The van der Waals surface area contributed by atoms with Crippen LogP contribution < -0.4 is 0 Å². The van der Waals surface area contributed by atoms with E-state index in [-0.39, 0.29) is 36.3 Å². The van der Waals surface area contributed by atoms with Crippen molar-refractivity contribution >= 4 is 119 Å². The molecule has 0 bridgehead atoms. The third-order valence-corrected chi connectivity index (χ3v) is 16.9. The van der Waals surface area contributed by atoms with E-state index in [2.05, 4.69) is 0 Å². The van der Waals surface area contributed by atoms with Crippen LogP contribution in [0.4, 0.5) is 13.2 Å². The summed E-state index contributed by atoms with van der Waals surface area (Å²) < 4.78 is 43.4. The third-order valence-electron chi connectivity index (χ3n) is 8.14. The van der Waals surface area contributed by atoms with Crippen molar-refractivity contribution < 1.29 is 52.8 Å². The van der Waals surface area contributed by atoms with Gasteiger partial charge < -0.3 is 25.8 Å². The zero-order valence-electron chi connectivity index (χ0n) is 29.1. The zero-order valence-corrected chi connectivity index (χ0v) is 34.8. The molecule has 5 aromatic rings. The van der Waals surface area contributed by atoms with Crippen molar-refractivity contribution in [1.29, 1.82) is 5.41 Å². The fourth-order valence-electron chi connectivity index (χ4n) is 5.93. The average molecular weight is 908 g/mol. The van der Waals surface area contributed by atoms with Gasteiger partial charge in [0.1, 0.15) is 11.6 Å². The molecule has 1 aliphatic rings. The molecule has 0 aliphatic carbocycles. The van der Waals surface area contributed by atoms with Crippen LogP contribution in [0.3, 0.4) is 0 Å². The molecule has 0 spiro atoms. The lowest BCUT2D eigenvalue weighted by atomic mass is 10.1. The fourth-order valence-corrected chi connectivity index (χ4v) is 13.9. The number of thiophene rings is 5. The van der Waals surface area contributed by atoms with Crippen molar-refractivity contribution in [3.8, 4) is 39.0 Å². The molecule has 0 aromatic carbocycles. The number of carbonyl (C=O) groups is 4. The number of carboxylic acid groups (broad SMARTS) is 4. The number of allylic oxidation sites excluding steroid dienone is 1. The summed E-state index contributed by atoms with van der Waals surface area (Å²) in [6.07, 6.45) is -0.341. The van der Waals surface area contributed by atoms with E-state index >= 15 is 4.39 Å². The molecule has 0 atom stereocenters. The van der Waals surface area contributed by atoms with Gasteiger partial charge in [-0.15, -0.1) is 68.4 Å². The summed E-state index contributed by atoms with van der Waals surface area (Å²) >= 11 is 8.28. The Bertz CT molecular complexity index is 2500. The summed E-state index contributed by atoms with van der Waals surface area (Å²) in [6, 6.07) is 11.7. The maximum absolute atomic E-state index is 15.9. The Labute approximate surface area is 351 Å². The smallest absolute Gasteiger partial charge is 0.307 e. The predicted molar refractivity (Wildman–Crippen MR) is 227 cm³/mol. The highest BCUT2D eigenvalue weighted by Gasteiger charge is 2.25. The Balaban J connectivity index is 1.37. The van der Waals surface area contributed by atoms with Gasteiger partial charge in [0.2, 0.25) is 0 Å². The number of thioether (sulfide) groups is 2. The first-order chi connectivity index (χ1) is 27.2. The molecular formula is C38H28F3NO8S7. The topological polar surface area (TPSA) is 173 Å². The van der Waals surface area contributed by atoms with Gasteiger partial charge in [0.15, 0.2) is 0 Å². The minimum Gasteiger partial charge on any atom is -0.481 e. The first-order valence-corrected chi connectivity index (χ1v) is 22.5. The van der Waals surface area contributed by atoms with Gasteiger partial charge in [-0.3, -0.25) is 23.6 Å². The van der Waals surface area contributed by atoms with Gasteiger partial charge in [-0.05, 0) is 77.2 Å². The quantitative estimate of drug-likeness (QED) is 0.0421. The molecule has 1 aliphatic heterocycles. The number of hydrogen-bond donors (Lipinski definition) is 5. The van der Waals surface area contributed by atoms with E-state index in [4.69, 9.17) is 5.41 Å². The van der Waals surface area contributed by atoms with Crippen LogP contribution >= 0.6 is 80.2 Å². The molecule has 5 N–H and O–H groups in total. The minimum absolute atomic E-state index is 0.0589. The summed E-state index contributed by atoms with van der Waals surface area (Å²) in [4.78, 5) is 53.6. The monoisotopic (exact) mass is 907 g/mol. The van der Waals surface area contributed by atoms with E-state index in [9.17, 15) is 48.4 Å². The molecule has 0 saturated carbocycles. The van der Waals surface area contributed by atoms with Gasteiger partial charge in [-0.2, -0.15) is 0 Å². The van der Waals surface area contributed by atoms with Gasteiger partial charge >= 0.3 is 23.9 Å². The van der Waals surface area contributed by atoms with Crippen LogP contribution in [0.15, 0.2) is 65.5 Å². The summed E-state index contributed by atoms with van der Waals surface area (Å²) in [5.41, 5.74) is 2.61. The van der Waals surface area contributed by atoms with Crippen molar-refractivity contribution in [2.75, 3.05) is 12.4 Å². The number of alkyl halides is 1. The van der Waals surface area contributed by atoms with Crippen molar-refractivity contribution in [2.24, 2.45) is 0 Å². The maximum Gasteiger partial charge on any atom is 0.307 e. The molecule has 6 rings (SSSR count). The van der Waals surface area contributed by atoms with Crippen LogP contribution in [0.25, 0.3) is 48.8 Å². The Morgan fingerprint density at radius 1 is 0.702 bits per heavy atom. The first kappa shape index (κ1) is 42.4. The summed E-state index contributed by atoms with van der Waals surface area (Å²) in [5.74, 6) is -5.35. The van der Waals surface area contributed by atoms with Crippen molar-refractivity contribution in [3.63, 3.8) is 0 Å². The fraction of sp³-hybridized carbons (Fsp3) is 0.184. The number of carboxylic acids is 4. The van der Waals surface area contributed by atoms with Crippen molar-refractivity contribution in [1.82, 2.24) is 0 Å². The van der Waals surface area contributed by atoms with Crippen molar-refractivity contribution in [2.45, 2.75) is 32.1 Å². The zero-order chi connectivity index (χ0) is 41.0. The van der Waals surface area contributed by atoms with Crippen LogP contribution in [0.2, 0.25) is 0 Å². The van der Waals surface area contributed by atoms with Crippen LogP contribution in [-0.4, -0.2) is 62.3 Å². The van der Waals surface area contributed by atoms with Crippen molar-refractivity contribution in [3.05, 3.63) is 92.2 Å². The lowest BCUT2D eigenvalue weighted by Crippen LogP contribution is -2.01. The van der Waals surface area contributed by atoms with E-state index in [0.29, 0.717) is 76.0 Å². The van der Waals surface area contributed by atoms with E-state index in [1.807, 2.05) is 0 Å². The molecule has 0 amide bonds. The molecule has 57 heavy (non-hydrogen) atoms. The molecule has 0 saturated heterocycles. The molecule has 9 nitrogen and oxygen atoms in total. The van der Waals surface area contributed by atoms with E-state index in [0.717, 1.165) is 28.6 Å². The van der Waals surface area contributed by atoms with Gasteiger partial charge in [-0.25, -0.2) is 8.78 Å². The molecule has 6 heterocycles. The number of hydrogen-bond acceptors (Lipinski definition) is 12. The Morgan fingerprint density at radius 2 is 1.28 bits per heavy atom. The van der Waals surface area contributed by atoms with Crippen LogP contribution in [0.1, 0.15) is 40.1 Å². The lowest BCUT2D eigenvalue weighted by Gasteiger charge is -2.14. The highest BCUT2D eigenvalue weighted by atomic mass is 32.2. The van der Waals surface area contributed by atoms with Crippen LogP contribution in [0.5, 0.6) is 0 Å². The van der Waals surface area contributed by atoms with E-state index < -0.39 is 48.6 Å². The molecule has 19 heteroatoms. The molecule has 5 aromatic heterocycles. The van der Waals surface area contributed by atoms with Crippen LogP contribution in [-0.2, 0) is 32.0 Å². The Hall–Kier alpha value is -4.24. The Morgan fingerprint density at radius 3 is 1.91 bits per heavy atom. The number of rotatable bonds is 18. The second-order valence-electron chi connectivity index (χ2n) is 12.2. The van der Waals surface area contributed by atoms with Gasteiger partial charge in [-0.1, -0.05) is 11.8 Å². The highest BCUT2D eigenvalue weighted by molar-refractivity contribution is 8.20. The first-order valence-electron chi connectivity index (χ1n) is 16.5. The SMILES string of the molecule is N=CS/C(=C(\CCF)CC(=O)O)c1ccc(-c2sc(-c3sc(-c4cc(CC(=O)O)c(-c5ccc(C6=C(CC(=O)O)C=C(F)CS6)s5)s4)cc3F)cc2CC(=O)O)s1. The Kier molecular flexibility index (Phi) is 13.8. The van der Waals surface area contributed by atoms with Gasteiger partial charge in [0.25, 0.3) is 0 Å². The standard InChI is InChI=1S/C38H28F3NO8S7/c39-6-5-17(10-30(43)44)34(52-16-42)23-1-3-26(53-23)37-20(13-33(49)50)9-29(57-37)38-22(41)14-28(56-38)27-8-19(12-32(47)48)36(55-27)25-4-2-24(54-25)35-18(11-31(45)46)7-21(40)15-51-35/h1-4,7-9,14,16,42H,5-6,10-13,15H2,(H,43,44)(H,45,46)(H,47,48)(H,49,50)/b34-17+,42-16?. The van der Waals surface area contributed by atoms with Gasteiger partial charge in [0, 0.05) is 53.7 Å². The number of aliphatic carboxylic acids is 4. The van der Waals surface area contributed by atoms with Gasteiger partial charge in [0.05, 0.1) is 48.5 Å². The summed E-state index contributed by atoms with van der Waals surface area (Å²) in [6.45, 7) is -0.785. The lowest BCUT2D eigenvalue weighted by molar-refractivity contribution is -0.137. The summed E-state index contributed by atoms with van der Waals surface area (Å²) in [5, 5.41) is 45.9. The largest absolute Gasteiger partial charge is 0.481 e. The van der Waals surface area contributed by atoms with E-state index in [1.165, 1.54) is 69.3 Å². The molecular weight excluding hydrogens is 880 g/mol. The molecule has 0 unspecified atom stereocenters. The molecule has 296 valence electrons. The minimum atomic E-state index is -1.14. The van der Waals surface area contributed by atoms with E-state index in [1.54, 1.807) is 36.4 Å². The summed E-state index contributed by atoms with van der Waals surface area (Å²) in [7, 11) is 0. The number of nitrogens with one attached hydrogen (secondary N) is 1.